The molecule has 0 amide bonds. The van der Waals surface area contributed by atoms with Crippen molar-refractivity contribution in [2.75, 3.05) is 0 Å². The first-order chi connectivity index (χ1) is 7.87. The van der Waals surface area contributed by atoms with Gasteiger partial charge in [0.15, 0.2) is 0 Å². The molecule has 0 N–H and O–H groups in total. The summed E-state index contributed by atoms with van der Waals surface area (Å²) in [6, 6.07) is 0. The minimum absolute atomic E-state index is 0.881. The van der Waals surface area contributed by atoms with Crippen molar-refractivity contribution in [3.63, 3.8) is 0 Å². The molecule has 0 aromatic heterocycles. The second-order valence-electron chi connectivity index (χ2n) is 6.89. The van der Waals surface area contributed by atoms with Crippen molar-refractivity contribution in [1.82, 2.24) is 0 Å². The SMILES string of the molecule is C1CCCCCC2(CC2)C2(CCCC1)CC2. The number of fused-ring (bicyclic) bond motifs is 1. The molecule has 3 aliphatic rings. The third-order valence-electron chi connectivity index (χ3n) is 5.89. The second-order valence-corrected chi connectivity index (χ2v) is 6.89. The minimum atomic E-state index is 0.881. The maximum Gasteiger partial charge on any atom is -0.0241 e. The largest absolute Gasteiger partial charge is 0.0533 e. The Hall–Kier alpha value is 0. The molecule has 0 aromatic rings. The Labute approximate surface area is 101 Å². The highest BCUT2D eigenvalue weighted by Gasteiger charge is 2.63. The Bertz CT molecular complexity index is 206. The van der Waals surface area contributed by atoms with Crippen molar-refractivity contribution in [3.05, 3.63) is 0 Å². The molecule has 3 aliphatic carbocycles. The van der Waals surface area contributed by atoms with E-state index >= 15 is 0 Å². The summed E-state index contributed by atoms with van der Waals surface area (Å²) in [5.41, 5.74) is 1.76. The van der Waals surface area contributed by atoms with Crippen molar-refractivity contribution in [1.29, 1.82) is 0 Å². The normalized spacial score (nSPS) is 33.0. The van der Waals surface area contributed by atoms with Crippen LogP contribution in [0.15, 0.2) is 0 Å². The molecule has 16 heavy (non-hydrogen) atoms. The molecule has 0 bridgehead atoms. The fraction of sp³-hybridized carbons (Fsp3) is 1.00. The van der Waals surface area contributed by atoms with E-state index in [0.717, 1.165) is 10.8 Å². The molecule has 0 heterocycles. The first kappa shape index (κ1) is 11.1. The molecule has 0 saturated heterocycles. The smallest absolute Gasteiger partial charge is 0.0241 e. The molecule has 0 aliphatic heterocycles. The van der Waals surface area contributed by atoms with Crippen LogP contribution in [0.5, 0.6) is 0 Å². The topological polar surface area (TPSA) is 0 Å². The van der Waals surface area contributed by atoms with Gasteiger partial charge in [-0.05, 0) is 49.4 Å². The summed E-state index contributed by atoms with van der Waals surface area (Å²) in [6.45, 7) is 0. The van der Waals surface area contributed by atoms with Crippen LogP contribution >= 0.6 is 0 Å². The molecule has 92 valence electrons. The van der Waals surface area contributed by atoms with Crippen LogP contribution in [-0.2, 0) is 0 Å². The third kappa shape index (κ3) is 2.05. The van der Waals surface area contributed by atoms with Gasteiger partial charge in [0.25, 0.3) is 0 Å². The zero-order chi connectivity index (χ0) is 10.9. The molecular weight excluding hydrogens is 192 g/mol. The predicted molar refractivity (Wildman–Crippen MR) is 69.5 cm³/mol. The summed E-state index contributed by atoms with van der Waals surface area (Å²) in [5.74, 6) is 0. The Morgan fingerprint density at radius 3 is 0.938 bits per heavy atom. The van der Waals surface area contributed by atoms with E-state index in [9.17, 15) is 0 Å². The molecule has 0 heteroatoms. The van der Waals surface area contributed by atoms with Gasteiger partial charge in [-0.15, -0.1) is 0 Å². The molecule has 0 unspecified atom stereocenters. The van der Waals surface area contributed by atoms with Crippen LogP contribution in [0, 0.1) is 10.8 Å². The van der Waals surface area contributed by atoms with Crippen molar-refractivity contribution in [3.8, 4) is 0 Å². The molecule has 0 atom stereocenters. The molecule has 3 fully saturated rings. The Morgan fingerprint density at radius 1 is 0.312 bits per heavy atom. The van der Waals surface area contributed by atoms with E-state index in [0.29, 0.717) is 0 Å². The lowest BCUT2D eigenvalue weighted by atomic mass is 9.77. The highest BCUT2D eigenvalue weighted by Crippen LogP contribution is 2.74. The van der Waals surface area contributed by atoms with Crippen LogP contribution in [0.3, 0.4) is 0 Å². The second kappa shape index (κ2) is 4.35. The van der Waals surface area contributed by atoms with Gasteiger partial charge in [-0.3, -0.25) is 0 Å². The highest BCUT2D eigenvalue weighted by molar-refractivity contribution is 5.13. The zero-order valence-electron chi connectivity index (χ0n) is 10.9. The zero-order valence-corrected chi connectivity index (χ0v) is 10.9. The molecule has 0 aromatic carbocycles. The summed E-state index contributed by atoms with van der Waals surface area (Å²) in [5, 5.41) is 0. The fourth-order valence-electron chi connectivity index (χ4n) is 4.38. The lowest BCUT2D eigenvalue weighted by Crippen LogP contribution is -2.18. The number of hydrogen-bond donors (Lipinski definition) is 0. The maximum atomic E-state index is 1.59. The average molecular weight is 220 g/mol. The van der Waals surface area contributed by atoms with Crippen LogP contribution < -0.4 is 0 Å². The van der Waals surface area contributed by atoms with Gasteiger partial charge in [0.05, 0.1) is 0 Å². The lowest BCUT2D eigenvalue weighted by molar-refractivity contribution is 0.227. The van der Waals surface area contributed by atoms with Crippen molar-refractivity contribution in [2.45, 2.75) is 89.9 Å². The van der Waals surface area contributed by atoms with Crippen molar-refractivity contribution in [2.24, 2.45) is 10.8 Å². The van der Waals surface area contributed by atoms with E-state index < -0.39 is 0 Å². The van der Waals surface area contributed by atoms with Crippen LogP contribution in [0.4, 0.5) is 0 Å². The average Bonchev–Trinajstić information content (AvgIpc) is 3.13. The summed E-state index contributed by atoms with van der Waals surface area (Å²) >= 11 is 0. The fourth-order valence-corrected chi connectivity index (χ4v) is 4.38. The third-order valence-corrected chi connectivity index (χ3v) is 5.89. The summed E-state index contributed by atoms with van der Waals surface area (Å²) in [4.78, 5) is 0. The van der Waals surface area contributed by atoms with Gasteiger partial charge in [-0.1, -0.05) is 51.4 Å². The van der Waals surface area contributed by atoms with E-state index in [1.807, 2.05) is 0 Å². The molecule has 3 rings (SSSR count). The van der Waals surface area contributed by atoms with Gasteiger partial charge in [-0.25, -0.2) is 0 Å². The van der Waals surface area contributed by atoms with E-state index in [2.05, 4.69) is 0 Å². The van der Waals surface area contributed by atoms with E-state index in [1.165, 1.54) is 38.5 Å². The van der Waals surface area contributed by atoms with Gasteiger partial charge < -0.3 is 0 Å². The molecule has 3 saturated carbocycles. The molecule has 0 nitrogen and oxygen atoms in total. The summed E-state index contributed by atoms with van der Waals surface area (Å²) < 4.78 is 0. The Balaban J connectivity index is 1.59. The van der Waals surface area contributed by atoms with E-state index in [-0.39, 0.29) is 0 Å². The van der Waals surface area contributed by atoms with Crippen molar-refractivity contribution < 1.29 is 0 Å². The van der Waals surface area contributed by atoms with Gasteiger partial charge >= 0.3 is 0 Å². The van der Waals surface area contributed by atoms with Gasteiger partial charge in [0.1, 0.15) is 0 Å². The van der Waals surface area contributed by atoms with Gasteiger partial charge in [0.2, 0.25) is 0 Å². The monoisotopic (exact) mass is 220 g/mol. The van der Waals surface area contributed by atoms with Crippen LogP contribution in [0.25, 0.3) is 0 Å². The minimum Gasteiger partial charge on any atom is -0.0533 e. The lowest BCUT2D eigenvalue weighted by Gasteiger charge is -2.27. The Kier molecular flexibility index (Phi) is 3.02. The van der Waals surface area contributed by atoms with Crippen LogP contribution in [-0.4, -0.2) is 0 Å². The maximum absolute atomic E-state index is 1.59. The first-order valence-electron chi connectivity index (χ1n) is 7.87. The van der Waals surface area contributed by atoms with Gasteiger partial charge in [0, 0.05) is 0 Å². The first-order valence-corrected chi connectivity index (χ1v) is 7.87. The standard InChI is InChI=1S/C16H28/c1-2-4-6-8-10-16(13-14-16)15(11-12-15)9-7-5-3-1/h1-14H2. The van der Waals surface area contributed by atoms with E-state index in [4.69, 9.17) is 0 Å². The molecule has 2 spiro atoms. The summed E-state index contributed by atoms with van der Waals surface area (Å²) in [7, 11) is 0. The molecular formula is C16H28. The molecule has 0 radical (unpaired) electrons. The predicted octanol–water partition coefficient (Wildman–Crippen LogP) is 5.46. The highest BCUT2D eigenvalue weighted by atomic mass is 14.7. The van der Waals surface area contributed by atoms with E-state index in [1.54, 1.807) is 51.4 Å². The van der Waals surface area contributed by atoms with Crippen LogP contribution in [0.2, 0.25) is 0 Å². The Morgan fingerprint density at radius 2 is 0.625 bits per heavy atom. The number of rotatable bonds is 0. The quantitative estimate of drug-likeness (QED) is 0.508. The summed E-state index contributed by atoms with van der Waals surface area (Å²) in [6.07, 6.45) is 21.7. The van der Waals surface area contributed by atoms with Gasteiger partial charge in [-0.2, -0.15) is 0 Å². The van der Waals surface area contributed by atoms with Crippen LogP contribution in [0.1, 0.15) is 89.9 Å². The van der Waals surface area contributed by atoms with Crippen molar-refractivity contribution >= 4 is 0 Å². The number of hydrogen-bond acceptors (Lipinski definition) is 0.